The minimum atomic E-state index is 0.646. The molecule has 0 aliphatic carbocycles. The van der Waals surface area contributed by atoms with Crippen LogP contribution in [0.5, 0.6) is 5.75 Å². The van der Waals surface area contributed by atoms with Crippen molar-refractivity contribution in [1.29, 1.82) is 0 Å². The molecule has 7 heteroatoms. The van der Waals surface area contributed by atoms with Crippen LogP contribution in [0.1, 0.15) is 0 Å². The van der Waals surface area contributed by atoms with E-state index < -0.39 is 0 Å². The number of anilines is 3. The zero-order valence-electron chi connectivity index (χ0n) is 15.6. The molecule has 0 amide bonds. The molecule has 2 aromatic carbocycles. The zero-order valence-corrected chi connectivity index (χ0v) is 16.4. The van der Waals surface area contributed by atoms with Crippen LogP contribution in [0.2, 0.25) is 0 Å². The van der Waals surface area contributed by atoms with Crippen LogP contribution in [0.4, 0.5) is 17.1 Å². The number of benzene rings is 2. The van der Waals surface area contributed by atoms with Gasteiger partial charge >= 0.3 is 0 Å². The Morgan fingerprint density at radius 2 is 1.78 bits per heavy atom. The van der Waals surface area contributed by atoms with Gasteiger partial charge in [0.2, 0.25) is 0 Å². The lowest BCUT2D eigenvalue weighted by Crippen LogP contribution is -3.14. The van der Waals surface area contributed by atoms with Crippen LogP contribution in [0, 0.1) is 0 Å². The maximum atomic E-state index is 5.39. The van der Waals surface area contributed by atoms with Gasteiger partial charge in [0, 0.05) is 11.4 Å². The molecule has 0 radical (unpaired) electrons. The van der Waals surface area contributed by atoms with Crippen molar-refractivity contribution >= 4 is 34.4 Å². The van der Waals surface area contributed by atoms with E-state index in [9.17, 15) is 0 Å². The summed E-state index contributed by atoms with van der Waals surface area (Å²) in [4.78, 5) is 1.56. The molecule has 1 heterocycles. The van der Waals surface area contributed by atoms with Gasteiger partial charge < -0.3 is 30.3 Å². The number of thiocarbonyl (C=S) groups is 1. The second-order valence-electron chi connectivity index (χ2n) is 6.40. The van der Waals surface area contributed by atoms with Gasteiger partial charge in [-0.2, -0.15) is 0 Å². The molecule has 27 heavy (non-hydrogen) atoms. The van der Waals surface area contributed by atoms with Crippen LogP contribution in [0.3, 0.4) is 0 Å². The van der Waals surface area contributed by atoms with Crippen molar-refractivity contribution in [2.75, 3.05) is 57.1 Å². The quantitative estimate of drug-likeness (QED) is 0.542. The van der Waals surface area contributed by atoms with Crippen molar-refractivity contribution in [3.63, 3.8) is 0 Å². The topological polar surface area (TPSA) is 59.0 Å². The fraction of sp³-hybridized carbons (Fsp3) is 0.350. The van der Waals surface area contributed by atoms with Crippen LogP contribution in [0.25, 0.3) is 0 Å². The Labute approximate surface area is 165 Å². The minimum Gasteiger partial charge on any atom is -0.495 e. The Hall–Kier alpha value is -2.35. The number of nitrogens with one attached hydrogen (secondary N) is 4. The standard InChI is InChI=1S/C20H26N4O2S/c1-25-19-5-3-2-4-18(19)22-16-6-8-17(9-7-16)23-20(27)21-10-11-24-12-14-26-15-13-24/h2-9,22H,10-15H2,1H3,(H2,21,23,27)/p+1. The zero-order chi connectivity index (χ0) is 18.9. The molecule has 2 aromatic rings. The summed E-state index contributed by atoms with van der Waals surface area (Å²) in [5, 5.41) is 10.5. The maximum absolute atomic E-state index is 5.39. The Balaban J connectivity index is 1.45. The van der Waals surface area contributed by atoms with Crippen LogP contribution in [-0.2, 0) is 4.74 Å². The molecule has 4 N–H and O–H groups in total. The SMILES string of the molecule is COc1ccccc1Nc1ccc(NC(=S)NCC[NH+]2CCOCC2)cc1. The van der Waals surface area contributed by atoms with E-state index in [0.717, 1.165) is 62.2 Å². The molecule has 1 aliphatic heterocycles. The lowest BCUT2D eigenvalue weighted by atomic mass is 10.2. The Bertz CT molecular complexity index is 733. The van der Waals surface area contributed by atoms with E-state index >= 15 is 0 Å². The third kappa shape index (κ3) is 6.09. The molecule has 1 saturated heterocycles. The molecule has 144 valence electrons. The summed E-state index contributed by atoms with van der Waals surface area (Å²) in [5.41, 5.74) is 2.88. The fourth-order valence-corrected chi connectivity index (χ4v) is 3.20. The van der Waals surface area contributed by atoms with Crippen LogP contribution in [0.15, 0.2) is 48.5 Å². The lowest BCUT2D eigenvalue weighted by Gasteiger charge is -2.24. The van der Waals surface area contributed by atoms with Crippen molar-refractivity contribution in [2.24, 2.45) is 0 Å². The molecule has 1 aliphatic rings. The average molecular weight is 388 g/mol. The first kappa shape index (κ1) is 19.4. The molecule has 1 fully saturated rings. The monoisotopic (exact) mass is 387 g/mol. The van der Waals surface area contributed by atoms with Gasteiger partial charge in [-0.1, -0.05) is 12.1 Å². The summed E-state index contributed by atoms with van der Waals surface area (Å²) in [6.07, 6.45) is 0. The summed E-state index contributed by atoms with van der Waals surface area (Å²) in [6.45, 7) is 5.76. The number of hydrogen-bond acceptors (Lipinski definition) is 4. The van der Waals surface area contributed by atoms with E-state index in [2.05, 4.69) is 16.0 Å². The molecule has 0 bridgehead atoms. The number of ether oxygens (including phenoxy) is 2. The highest BCUT2D eigenvalue weighted by Gasteiger charge is 2.12. The van der Waals surface area contributed by atoms with E-state index in [-0.39, 0.29) is 0 Å². The van der Waals surface area contributed by atoms with Crippen LogP contribution < -0.4 is 25.6 Å². The molecule has 6 nitrogen and oxygen atoms in total. The predicted octanol–water partition coefficient (Wildman–Crippen LogP) is 1.64. The van der Waals surface area contributed by atoms with Crippen molar-refractivity contribution in [2.45, 2.75) is 0 Å². The number of methoxy groups -OCH3 is 1. The van der Waals surface area contributed by atoms with Gasteiger partial charge in [0.25, 0.3) is 0 Å². The first-order chi connectivity index (χ1) is 13.2. The summed E-state index contributed by atoms with van der Waals surface area (Å²) in [5.74, 6) is 0.812. The second-order valence-corrected chi connectivity index (χ2v) is 6.80. The number of quaternary nitrogens is 1. The number of para-hydroxylation sites is 2. The van der Waals surface area contributed by atoms with E-state index in [1.165, 1.54) is 0 Å². The van der Waals surface area contributed by atoms with Crippen LogP contribution in [-0.4, -0.2) is 51.6 Å². The highest BCUT2D eigenvalue weighted by atomic mass is 32.1. The summed E-state index contributed by atoms with van der Waals surface area (Å²) < 4.78 is 10.7. The average Bonchev–Trinajstić information content (AvgIpc) is 2.71. The van der Waals surface area contributed by atoms with Gasteiger partial charge in [0.15, 0.2) is 5.11 Å². The Morgan fingerprint density at radius 3 is 2.52 bits per heavy atom. The van der Waals surface area contributed by atoms with Crippen molar-refractivity contribution < 1.29 is 14.4 Å². The van der Waals surface area contributed by atoms with Crippen molar-refractivity contribution in [1.82, 2.24) is 5.32 Å². The maximum Gasteiger partial charge on any atom is 0.170 e. The molecular formula is C20H27N4O2S+. The highest BCUT2D eigenvalue weighted by Crippen LogP contribution is 2.27. The highest BCUT2D eigenvalue weighted by molar-refractivity contribution is 7.80. The van der Waals surface area contributed by atoms with Gasteiger partial charge in [-0.3, -0.25) is 0 Å². The molecule has 0 aromatic heterocycles. The Morgan fingerprint density at radius 1 is 1.07 bits per heavy atom. The molecule has 0 saturated carbocycles. The first-order valence-electron chi connectivity index (χ1n) is 9.21. The van der Waals surface area contributed by atoms with E-state index in [0.29, 0.717) is 5.11 Å². The first-order valence-corrected chi connectivity index (χ1v) is 9.62. The number of hydrogen-bond donors (Lipinski definition) is 4. The fourth-order valence-electron chi connectivity index (χ4n) is 2.98. The smallest absolute Gasteiger partial charge is 0.170 e. The molecular weight excluding hydrogens is 360 g/mol. The van der Waals surface area contributed by atoms with Crippen molar-refractivity contribution in [3.05, 3.63) is 48.5 Å². The van der Waals surface area contributed by atoms with E-state index in [1.807, 2.05) is 48.5 Å². The third-order valence-electron chi connectivity index (χ3n) is 4.49. The molecule has 0 atom stereocenters. The summed E-state index contributed by atoms with van der Waals surface area (Å²) in [6, 6.07) is 15.9. The van der Waals surface area contributed by atoms with Gasteiger partial charge in [-0.25, -0.2) is 0 Å². The van der Waals surface area contributed by atoms with Gasteiger partial charge in [0.05, 0.1) is 39.1 Å². The summed E-state index contributed by atoms with van der Waals surface area (Å²) >= 11 is 5.39. The second kappa shape index (κ2) is 10.1. The molecule has 0 spiro atoms. The molecule has 3 rings (SSSR count). The van der Waals surface area contributed by atoms with E-state index in [1.54, 1.807) is 12.0 Å². The van der Waals surface area contributed by atoms with E-state index in [4.69, 9.17) is 21.7 Å². The van der Waals surface area contributed by atoms with Crippen molar-refractivity contribution in [3.8, 4) is 5.75 Å². The number of rotatable bonds is 7. The predicted molar refractivity (Wildman–Crippen MR) is 113 cm³/mol. The van der Waals surface area contributed by atoms with Gasteiger partial charge in [-0.05, 0) is 48.6 Å². The third-order valence-corrected chi connectivity index (χ3v) is 4.74. The Kier molecular flexibility index (Phi) is 7.27. The molecule has 0 unspecified atom stereocenters. The van der Waals surface area contributed by atoms with Gasteiger partial charge in [-0.15, -0.1) is 0 Å². The number of morpholine rings is 1. The minimum absolute atomic E-state index is 0.646. The normalized spacial score (nSPS) is 14.4. The van der Waals surface area contributed by atoms with Gasteiger partial charge in [0.1, 0.15) is 18.8 Å². The largest absolute Gasteiger partial charge is 0.495 e. The lowest BCUT2D eigenvalue weighted by molar-refractivity contribution is -0.906. The summed E-state index contributed by atoms with van der Waals surface area (Å²) in [7, 11) is 1.67. The van der Waals surface area contributed by atoms with Crippen LogP contribution >= 0.6 is 12.2 Å².